The molecule has 0 heterocycles. The lowest BCUT2D eigenvalue weighted by molar-refractivity contribution is -0.136. The van der Waals surface area contributed by atoms with Crippen LogP contribution in [0, 0.1) is 5.41 Å². The fourth-order valence-electron chi connectivity index (χ4n) is 2.31. The first kappa shape index (κ1) is 14.5. The summed E-state index contributed by atoms with van der Waals surface area (Å²) in [5, 5.41) is 6.15. The van der Waals surface area contributed by atoms with E-state index >= 15 is 0 Å². The Labute approximate surface area is 104 Å². The molecule has 4 nitrogen and oxygen atoms in total. The van der Waals surface area contributed by atoms with Gasteiger partial charge in [0.1, 0.15) is 0 Å². The van der Waals surface area contributed by atoms with Crippen LogP contribution in [0.15, 0.2) is 0 Å². The first-order valence-corrected chi connectivity index (χ1v) is 6.58. The summed E-state index contributed by atoms with van der Waals surface area (Å²) in [5.41, 5.74) is 0.0642. The SMILES string of the molecule is CCOC1CC(NC(=O)CCCNC)C1(C)C. The van der Waals surface area contributed by atoms with Crippen molar-refractivity contribution < 1.29 is 9.53 Å². The number of ether oxygens (including phenoxy) is 1. The van der Waals surface area contributed by atoms with E-state index in [1.807, 2.05) is 14.0 Å². The number of carbonyl (C=O) groups is 1. The quantitative estimate of drug-likeness (QED) is 0.662. The zero-order chi connectivity index (χ0) is 12.9. The van der Waals surface area contributed by atoms with E-state index in [4.69, 9.17) is 4.74 Å². The second-order valence-electron chi connectivity index (χ2n) is 5.33. The number of rotatable bonds is 7. The molecule has 0 aromatic rings. The number of amides is 1. The highest BCUT2D eigenvalue weighted by Crippen LogP contribution is 2.42. The Kier molecular flexibility index (Phi) is 5.40. The van der Waals surface area contributed by atoms with Crippen LogP contribution in [0.1, 0.15) is 40.0 Å². The van der Waals surface area contributed by atoms with Crippen molar-refractivity contribution in [2.75, 3.05) is 20.2 Å². The number of hydrogen-bond acceptors (Lipinski definition) is 3. The first-order valence-electron chi connectivity index (χ1n) is 6.58. The van der Waals surface area contributed by atoms with E-state index in [1.165, 1.54) is 0 Å². The molecular formula is C13H26N2O2. The van der Waals surface area contributed by atoms with Crippen molar-refractivity contribution >= 4 is 5.91 Å². The van der Waals surface area contributed by atoms with Crippen LogP contribution in [0.3, 0.4) is 0 Å². The summed E-state index contributed by atoms with van der Waals surface area (Å²) in [5.74, 6) is 0.160. The van der Waals surface area contributed by atoms with Gasteiger partial charge in [-0.25, -0.2) is 0 Å². The summed E-state index contributed by atoms with van der Waals surface area (Å²) in [4.78, 5) is 11.7. The van der Waals surface area contributed by atoms with Gasteiger partial charge in [0.05, 0.1) is 6.10 Å². The predicted molar refractivity (Wildman–Crippen MR) is 68.9 cm³/mol. The van der Waals surface area contributed by atoms with Crippen molar-refractivity contribution in [2.45, 2.75) is 52.2 Å². The Balaban J connectivity index is 2.27. The summed E-state index contributed by atoms with van der Waals surface area (Å²) < 4.78 is 5.64. The topological polar surface area (TPSA) is 50.4 Å². The molecule has 2 atom stereocenters. The van der Waals surface area contributed by atoms with Gasteiger partial charge in [0, 0.05) is 24.5 Å². The lowest BCUT2D eigenvalue weighted by Crippen LogP contribution is -2.62. The van der Waals surface area contributed by atoms with Crippen molar-refractivity contribution in [3.63, 3.8) is 0 Å². The Hall–Kier alpha value is -0.610. The van der Waals surface area contributed by atoms with Crippen molar-refractivity contribution in [1.82, 2.24) is 10.6 Å². The summed E-state index contributed by atoms with van der Waals surface area (Å²) in [6.07, 6.45) is 2.73. The molecule has 2 unspecified atom stereocenters. The number of hydrogen-bond donors (Lipinski definition) is 2. The van der Waals surface area contributed by atoms with Crippen molar-refractivity contribution in [3.05, 3.63) is 0 Å². The Morgan fingerprint density at radius 2 is 2.18 bits per heavy atom. The predicted octanol–water partition coefficient (Wildman–Crippen LogP) is 1.31. The van der Waals surface area contributed by atoms with Gasteiger partial charge in [-0.1, -0.05) is 13.8 Å². The third-order valence-corrected chi connectivity index (χ3v) is 3.71. The monoisotopic (exact) mass is 242 g/mol. The molecule has 4 heteroatoms. The average Bonchev–Trinajstić information content (AvgIpc) is 2.28. The Morgan fingerprint density at radius 3 is 2.71 bits per heavy atom. The summed E-state index contributed by atoms with van der Waals surface area (Å²) in [6.45, 7) is 7.98. The normalized spacial score (nSPS) is 26.4. The van der Waals surface area contributed by atoms with E-state index in [-0.39, 0.29) is 23.5 Å². The molecule has 2 N–H and O–H groups in total. The lowest BCUT2D eigenvalue weighted by Gasteiger charge is -2.51. The highest BCUT2D eigenvalue weighted by molar-refractivity contribution is 5.76. The minimum atomic E-state index is 0.0642. The molecule has 1 saturated carbocycles. The van der Waals surface area contributed by atoms with Gasteiger partial charge in [-0.05, 0) is 33.4 Å². The molecule has 0 aliphatic heterocycles. The third-order valence-electron chi connectivity index (χ3n) is 3.71. The maximum atomic E-state index is 11.7. The molecule has 100 valence electrons. The van der Waals surface area contributed by atoms with E-state index in [0.717, 1.165) is 26.0 Å². The number of nitrogens with one attached hydrogen (secondary N) is 2. The van der Waals surface area contributed by atoms with E-state index in [9.17, 15) is 4.79 Å². The van der Waals surface area contributed by atoms with Gasteiger partial charge in [-0.3, -0.25) is 4.79 Å². The molecule has 0 bridgehead atoms. The Morgan fingerprint density at radius 1 is 1.47 bits per heavy atom. The van der Waals surface area contributed by atoms with Gasteiger partial charge in [0.15, 0.2) is 0 Å². The molecule has 0 aromatic carbocycles. The molecule has 0 aromatic heterocycles. The molecular weight excluding hydrogens is 216 g/mol. The largest absolute Gasteiger partial charge is 0.378 e. The van der Waals surface area contributed by atoms with Gasteiger partial charge in [-0.2, -0.15) is 0 Å². The second kappa shape index (κ2) is 6.36. The number of carbonyl (C=O) groups excluding carboxylic acids is 1. The molecule has 0 saturated heterocycles. The van der Waals surface area contributed by atoms with Crippen LogP contribution in [0.2, 0.25) is 0 Å². The van der Waals surface area contributed by atoms with Crippen LogP contribution in [-0.2, 0) is 9.53 Å². The molecule has 1 aliphatic rings. The zero-order valence-corrected chi connectivity index (χ0v) is 11.5. The van der Waals surface area contributed by atoms with Gasteiger partial charge in [0.25, 0.3) is 0 Å². The van der Waals surface area contributed by atoms with Crippen molar-refractivity contribution in [1.29, 1.82) is 0 Å². The zero-order valence-electron chi connectivity index (χ0n) is 11.5. The van der Waals surface area contributed by atoms with Crippen LogP contribution in [-0.4, -0.2) is 38.3 Å². The smallest absolute Gasteiger partial charge is 0.220 e. The van der Waals surface area contributed by atoms with Gasteiger partial charge < -0.3 is 15.4 Å². The fourth-order valence-corrected chi connectivity index (χ4v) is 2.31. The molecule has 0 radical (unpaired) electrons. The summed E-state index contributed by atoms with van der Waals surface area (Å²) in [7, 11) is 1.90. The summed E-state index contributed by atoms with van der Waals surface area (Å²) in [6, 6.07) is 0.265. The summed E-state index contributed by atoms with van der Waals surface area (Å²) >= 11 is 0. The van der Waals surface area contributed by atoms with Gasteiger partial charge in [-0.15, -0.1) is 0 Å². The third kappa shape index (κ3) is 3.68. The van der Waals surface area contributed by atoms with E-state index in [2.05, 4.69) is 24.5 Å². The van der Waals surface area contributed by atoms with E-state index in [1.54, 1.807) is 0 Å². The van der Waals surface area contributed by atoms with Crippen molar-refractivity contribution in [2.24, 2.45) is 5.41 Å². The highest BCUT2D eigenvalue weighted by Gasteiger charge is 2.49. The maximum absolute atomic E-state index is 11.7. The standard InChI is InChI=1S/C13H26N2O2/c1-5-17-11-9-10(13(11,2)3)15-12(16)7-6-8-14-4/h10-11,14H,5-9H2,1-4H3,(H,15,16). The lowest BCUT2D eigenvalue weighted by atomic mass is 9.64. The highest BCUT2D eigenvalue weighted by atomic mass is 16.5. The first-order chi connectivity index (χ1) is 8.02. The molecule has 17 heavy (non-hydrogen) atoms. The molecule has 1 rings (SSSR count). The average molecular weight is 242 g/mol. The molecule has 1 fully saturated rings. The van der Waals surface area contributed by atoms with Crippen LogP contribution in [0.5, 0.6) is 0 Å². The maximum Gasteiger partial charge on any atom is 0.220 e. The molecule has 1 aliphatic carbocycles. The Bertz CT molecular complexity index is 254. The van der Waals surface area contributed by atoms with E-state index in [0.29, 0.717) is 6.42 Å². The van der Waals surface area contributed by atoms with Crippen LogP contribution in [0.4, 0.5) is 0 Å². The van der Waals surface area contributed by atoms with Crippen LogP contribution in [0.25, 0.3) is 0 Å². The minimum Gasteiger partial charge on any atom is -0.378 e. The van der Waals surface area contributed by atoms with Gasteiger partial charge >= 0.3 is 0 Å². The molecule has 0 spiro atoms. The molecule has 1 amide bonds. The van der Waals surface area contributed by atoms with Crippen LogP contribution >= 0.6 is 0 Å². The van der Waals surface area contributed by atoms with Gasteiger partial charge in [0.2, 0.25) is 5.91 Å². The second-order valence-corrected chi connectivity index (χ2v) is 5.33. The minimum absolute atomic E-state index is 0.0642. The van der Waals surface area contributed by atoms with E-state index < -0.39 is 0 Å². The fraction of sp³-hybridized carbons (Fsp3) is 0.923. The van der Waals surface area contributed by atoms with Crippen molar-refractivity contribution in [3.8, 4) is 0 Å². The van der Waals surface area contributed by atoms with Crippen LogP contribution < -0.4 is 10.6 Å².